The molecule has 0 amide bonds. The minimum absolute atomic E-state index is 0.231. The highest BCUT2D eigenvalue weighted by Gasteiger charge is 2.39. The number of benzene rings is 1. The zero-order chi connectivity index (χ0) is 15.3. The van der Waals surface area contributed by atoms with E-state index in [1.54, 1.807) is 7.11 Å². The number of hydrogen-bond acceptors (Lipinski definition) is 4. The Morgan fingerprint density at radius 3 is 2.71 bits per heavy atom. The van der Waals surface area contributed by atoms with Crippen LogP contribution in [0.25, 0.3) is 0 Å². The molecular weight excluding hydrogens is 266 g/mol. The first-order valence-electron chi connectivity index (χ1n) is 7.69. The lowest BCUT2D eigenvalue weighted by Crippen LogP contribution is -2.51. The standard InChI is InChI=1S/C17H25NO3/c1-4-21-16(19)17(2,18-14-9-5-6-10-14)13-8-7-11-15(12-13)20-3/h7-8,11-12,14,18H,4-6,9-10H2,1-3H3. The van der Waals surface area contributed by atoms with Crippen LogP contribution in [0.3, 0.4) is 0 Å². The van der Waals surface area contributed by atoms with Crippen LogP contribution in [0, 0.1) is 0 Å². The number of methoxy groups -OCH3 is 1. The van der Waals surface area contributed by atoms with Gasteiger partial charge in [0.2, 0.25) is 0 Å². The van der Waals surface area contributed by atoms with Crippen molar-refractivity contribution in [2.24, 2.45) is 0 Å². The van der Waals surface area contributed by atoms with E-state index < -0.39 is 5.54 Å². The Bertz CT molecular complexity index is 483. The van der Waals surface area contributed by atoms with Crippen LogP contribution in [-0.2, 0) is 15.1 Å². The minimum Gasteiger partial charge on any atom is -0.497 e. The van der Waals surface area contributed by atoms with Gasteiger partial charge in [-0.3, -0.25) is 5.32 Å². The van der Waals surface area contributed by atoms with Crippen molar-refractivity contribution in [3.05, 3.63) is 29.8 Å². The molecule has 0 bridgehead atoms. The molecule has 1 aliphatic rings. The van der Waals surface area contributed by atoms with Crippen LogP contribution in [-0.4, -0.2) is 25.7 Å². The highest BCUT2D eigenvalue weighted by atomic mass is 16.5. The van der Waals surface area contributed by atoms with Crippen molar-refractivity contribution in [1.29, 1.82) is 0 Å². The quantitative estimate of drug-likeness (QED) is 0.819. The molecule has 0 saturated heterocycles. The molecule has 21 heavy (non-hydrogen) atoms. The van der Waals surface area contributed by atoms with E-state index in [4.69, 9.17) is 9.47 Å². The van der Waals surface area contributed by atoms with Gasteiger partial charge in [0, 0.05) is 6.04 Å². The number of carbonyl (C=O) groups is 1. The van der Waals surface area contributed by atoms with Gasteiger partial charge >= 0.3 is 5.97 Å². The topological polar surface area (TPSA) is 47.6 Å². The van der Waals surface area contributed by atoms with Gasteiger partial charge in [-0.1, -0.05) is 25.0 Å². The summed E-state index contributed by atoms with van der Waals surface area (Å²) in [4.78, 5) is 12.5. The molecule has 0 aromatic heterocycles. The van der Waals surface area contributed by atoms with Crippen molar-refractivity contribution >= 4 is 5.97 Å². The van der Waals surface area contributed by atoms with Gasteiger partial charge in [0.05, 0.1) is 13.7 Å². The summed E-state index contributed by atoms with van der Waals surface area (Å²) in [6.45, 7) is 4.11. The lowest BCUT2D eigenvalue weighted by molar-refractivity contribution is -0.151. The van der Waals surface area contributed by atoms with E-state index in [2.05, 4.69) is 5.32 Å². The van der Waals surface area contributed by atoms with E-state index in [1.807, 2.05) is 38.1 Å². The van der Waals surface area contributed by atoms with Crippen LogP contribution in [0.1, 0.15) is 45.1 Å². The zero-order valence-corrected chi connectivity index (χ0v) is 13.1. The van der Waals surface area contributed by atoms with Crippen molar-refractivity contribution in [2.45, 2.75) is 51.1 Å². The van der Waals surface area contributed by atoms with Gasteiger partial charge in [0.25, 0.3) is 0 Å². The third-order valence-electron chi connectivity index (χ3n) is 4.18. The fourth-order valence-electron chi connectivity index (χ4n) is 2.95. The molecule has 1 saturated carbocycles. The first-order valence-corrected chi connectivity index (χ1v) is 7.69. The molecule has 1 atom stereocenters. The van der Waals surface area contributed by atoms with Gasteiger partial charge in [-0.25, -0.2) is 4.79 Å². The second-order valence-electron chi connectivity index (χ2n) is 5.70. The first kappa shape index (κ1) is 15.8. The first-order chi connectivity index (χ1) is 10.1. The number of esters is 1. The predicted molar refractivity (Wildman–Crippen MR) is 82.4 cm³/mol. The Morgan fingerprint density at radius 2 is 2.10 bits per heavy atom. The molecule has 0 heterocycles. The lowest BCUT2D eigenvalue weighted by Gasteiger charge is -2.32. The average Bonchev–Trinajstić information content (AvgIpc) is 3.00. The predicted octanol–water partition coefficient (Wildman–Crippen LogP) is 3.01. The molecule has 0 radical (unpaired) electrons. The van der Waals surface area contributed by atoms with Crippen LogP contribution >= 0.6 is 0 Å². The van der Waals surface area contributed by atoms with Gasteiger partial charge < -0.3 is 9.47 Å². The van der Waals surface area contributed by atoms with Gasteiger partial charge in [-0.05, 0) is 44.4 Å². The van der Waals surface area contributed by atoms with Crippen LogP contribution in [0.5, 0.6) is 5.75 Å². The van der Waals surface area contributed by atoms with Crippen LogP contribution in [0.15, 0.2) is 24.3 Å². The summed E-state index contributed by atoms with van der Waals surface area (Å²) in [5.41, 5.74) is 0.0479. The van der Waals surface area contributed by atoms with Crippen molar-refractivity contribution in [1.82, 2.24) is 5.32 Å². The number of ether oxygens (including phenoxy) is 2. The SMILES string of the molecule is CCOC(=O)C(C)(NC1CCCC1)c1cccc(OC)c1. The maximum absolute atomic E-state index is 12.5. The molecule has 1 fully saturated rings. The Kier molecular flexibility index (Phi) is 5.23. The van der Waals surface area contributed by atoms with E-state index in [9.17, 15) is 4.79 Å². The molecule has 0 aliphatic heterocycles. The molecule has 1 unspecified atom stereocenters. The van der Waals surface area contributed by atoms with Gasteiger partial charge in [0.1, 0.15) is 11.3 Å². The summed E-state index contributed by atoms with van der Waals surface area (Å²) in [5.74, 6) is 0.515. The van der Waals surface area contributed by atoms with E-state index in [0.29, 0.717) is 12.6 Å². The zero-order valence-electron chi connectivity index (χ0n) is 13.1. The monoisotopic (exact) mass is 291 g/mol. The molecule has 1 aromatic rings. The molecule has 1 aromatic carbocycles. The molecule has 4 nitrogen and oxygen atoms in total. The summed E-state index contributed by atoms with van der Waals surface area (Å²) >= 11 is 0. The smallest absolute Gasteiger partial charge is 0.330 e. The fourth-order valence-corrected chi connectivity index (χ4v) is 2.95. The van der Waals surface area contributed by atoms with Crippen molar-refractivity contribution < 1.29 is 14.3 Å². The second kappa shape index (κ2) is 6.94. The van der Waals surface area contributed by atoms with Crippen molar-refractivity contribution in [3.63, 3.8) is 0 Å². The highest BCUT2D eigenvalue weighted by molar-refractivity contribution is 5.82. The fraction of sp³-hybridized carbons (Fsp3) is 0.588. The van der Waals surface area contributed by atoms with Gasteiger partial charge in [0.15, 0.2) is 0 Å². The maximum atomic E-state index is 12.5. The largest absolute Gasteiger partial charge is 0.497 e. The van der Waals surface area contributed by atoms with E-state index >= 15 is 0 Å². The van der Waals surface area contributed by atoms with Crippen molar-refractivity contribution in [2.75, 3.05) is 13.7 Å². The van der Waals surface area contributed by atoms with Gasteiger partial charge in [-0.2, -0.15) is 0 Å². The highest BCUT2D eigenvalue weighted by Crippen LogP contribution is 2.29. The molecular formula is C17H25NO3. The van der Waals surface area contributed by atoms with E-state index in [-0.39, 0.29) is 5.97 Å². The summed E-state index contributed by atoms with van der Waals surface area (Å²) in [5, 5.41) is 3.51. The summed E-state index contributed by atoms with van der Waals surface area (Å²) < 4.78 is 10.6. The molecule has 4 heteroatoms. The van der Waals surface area contributed by atoms with E-state index in [0.717, 1.165) is 24.2 Å². The summed E-state index contributed by atoms with van der Waals surface area (Å²) in [6.07, 6.45) is 4.65. The van der Waals surface area contributed by atoms with Crippen molar-refractivity contribution in [3.8, 4) is 5.75 Å². The maximum Gasteiger partial charge on any atom is 0.330 e. The molecule has 1 N–H and O–H groups in total. The number of nitrogens with one attached hydrogen (secondary N) is 1. The lowest BCUT2D eigenvalue weighted by atomic mass is 9.90. The molecule has 1 aliphatic carbocycles. The second-order valence-corrected chi connectivity index (χ2v) is 5.70. The van der Waals surface area contributed by atoms with Crippen LogP contribution in [0.2, 0.25) is 0 Å². The number of carbonyl (C=O) groups excluding carboxylic acids is 1. The normalized spacial score (nSPS) is 18.2. The van der Waals surface area contributed by atoms with E-state index in [1.165, 1.54) is 12.8 Å². The third-order valence-corrected chi connectivity index (χ3v) is 4.18. The summed E-state index contributed by atoms with van der Waals surface area (Å²) in [6, 6.07) is 8.00. The Morgan fingerprint density at radius 1 is 1.38 bits per heavy atom. The number of rotatable bonds is 6. The number of hydrogen-bond donors (Lipinski definition) is 1. The Balaban J connectivity index is 2.30. The Labute approximate surface area is 126 Å². The van der Waals surface area contributed by atoms with Crippen LogP contribution < -0.4 is 10.1 Å². The average molecular weight is 291 g/mol. The minimum atomic E-state index is -0.834. The van der Waals surface area contributed by atoms with Crippen LogP contribution in [0.4, 0.5) is 0 Å². The molecule has 0 spiro atoms. The molecule has 2 rings (SSSR count). The Hall–Kier alpha value is -1.55. The summed E-state index contributed by atoms with van der Waals surface area (Å²) in [7, 11) is 1.63. The third kappa shape index (κ3) is 3.56. The molecule has 116 valence electrons. The van der Waals surface area contributed by atoms with Gasteiger partial charge in [-0.15, -0.1) is 0 Å².